The Hall–Kier alpha value is -2.27. The van der Waals surface area contributed by atoms with Crippen LogP contribution < -0.4 is 10.2 Å². The van der Waals surface area contributed by atoms with Crippen molar-refractivity contribution < 1.29 is 28.0 Å². The molecule has 1 aliphatic rings. The molecule has 1 saturated heterocycles. The first-order chi connectivity index (χ1) is 15.6. The Kier molecular flexibility index (Phi) is 10.5. The van der Waals surface area contributed by atoms with E-state index in [0.29, 0.717) is 26.3 Å². The Morgan fingerprint density at radius 1 is 1.39 bits per heavy atom. The molecule has 0 atom stereocenters. The van der Waals surface area contributed by atoms with Gasteiger partial charge in [-0.15, -0.1) is 11.8 Å². The second kappa shape index (κ2) is 12.8. The van der Waals surface area contributed by atoms with E-state index in [4.69, 9.17) is 10.1 Å². The van der Waals surface area contributed by atoms with E-state index in [2.05, 4.69) is 35.8 Å². The smallest absolute Gasteiger partial charge is 0.232 e. The van der Waals surface area contributed by atoms with Crippen LogP contribution in [0.2, 0.25) is 0 Å². The molecule has 33 heavy (non-hydrogen) atoms. The Bertz CT molecular complexity index is 1050. The highest BCUT2D eigenvalue weighted by Crippen LogP contribution is 2.22. The first-order valence-corrected chi connectivity index (χ1v) is 13.0. The number of hydrogen-bond acceptors (Lipinski definition) is 10. The first-order valence-electron chi connectivity index (χ1n) is 9.37. The molecule has 1 fully saturated rings. The topological polar surface area (TPSA) is 172 Å². The second-order valence-electron chi connectivity index (χ2n) is 6.48. The first kappa shape index (κ1) is 27.0. The number of hydroxylamine groups is 1. The van der Waals surface area contributed by atoms with E-state index in [9.17, 15) is 23.2 Å². The minimum absolute atomic E-state index is 0.143. The highest BCUT2D eigenvalue weighted by atomic mass is 79.9. The number of oxime groups is 1. The predicted octanol–water partition coefficient (Wildman–Crippen LogP) is 1.38. The van der Waals surface area contributed by atoms with Crippen molar-refractivity contribution in [2.75, 3.05) is 44.9 Å². The van der Waals surface area contributed by atoms with Crippen LogP contribution in [0.4, 0.5) is 10.1 Å². The lowest BCUT2D eigenvalue weighted by molar-refractivity contribution is 0.0670. The van der Waals surface area contributed by atoms with Gasteiger partial charge in [-0.25, -0.2) is 17.8 Å². The molecule has 1 aliphatic heterocycles. The lowest BCUT2D eigenvalue weighted by atomic mass is 10.3. The Morgan fingerprint density at radius 3 is 2.67 bits per heavy atom. The summed E-state index contributed by atoms with van der Waals surface area (Å²) in [5.41, 5.74) is 1.64. The predicted molar refractivity (Wildman–Crippen MR) is 128 cm³/mol. The number of benzene rings is 1. The lowest BCUT2D eigenvalue weighted by Crippen LogP contribution is -2.48. The van der Waals surface area contributed by atoms with Gasteiger partial charge in [0.25, 0.3) is 0 Å². The fraction of sp³-hybridized carbons (Fsp3) is 0.412. The van der Waals surface area contributed by atoms with Crippen molar-refractivity contribution in [1.29, 1.82) is 5.41 Å². The van der Waals surface area contributed by atoms with Crippen LogP contribution in [0.15, 0.2) is 37.8 Å². The molecule has 12 nitrogen and oxygen atoms in total. The molecular weight excluding hydrogens is 545 g/mol. The summed E-state index contributed by atoms with van der Waals surface area (Å²) >= 11 is 3.96. The van der Waals surface area contributed by atoms with E-state index in [1.165, 1.54) is 12.1 Å². The van der Waals surface area contributed by atoms with Crippen LogP contribution in [0, 0.1) is 11.2 Å². The van der Waals surface area contributed by atoms with Crippen molar-refractivity contribution in [3.63, 3.8) is 0 Å². The van der Waals surface area contributed by atoms with E-state index in [1.807, 2.05) is 0 Å². The Labute approximate surface area is 202 Å². The maximum atomic E-state index is 13.4. The van der Waals surface area contributed by atoms with Crippen LogP contribution in [0.5, 0.6) is 0 Å². The summed E-state index contributed by atoms with van der Waals surface area (Å²) in [6.07, 6.45) is 1.03. The van der Waals surface area contributed by atoms with Gasteiger partial charge in [-0.2, -0.15) is 0 Å². The number of hydrogen-bond donors (Lipinski definition) is 5. The third kappa shape index (κ3) is 8.88. The van der Waals surface area contributed by atoms with Gasteiger partial charge in [0.15, 0.2) is 11.5 Å². The van der Waals surface area contributed by atoms with Gasteiger partial charge in [0.1, 0.15) is 10.9 Å². The van der Waals surface area contributed by atoms with Gasteiger partial charge in [-0.05, 0) is 34.1 Å². The van der Waals surface area contributed by atoms with Crippen LogP contribution in [0.25, 0.3) is 0 Å². The van der Waals surface area contributed by atoms with E-state index >= 15 is 0 Å². The number of sulfonamides is 1. The Morgan fingerprint density at radius 2 is 2.09 bits per heavy atom. The van der Waals surface area contributed by atoms with E-state index in [-0.39, 0.29) is 45.0 Å². The fourth-order valence-corrected chi connectivity index (χ4v) is 4.07. The number of rotatable bonds is 7. The van der Waals surface area contributed by atoms with Gasteiger partial charge in [0.2, 0.25) is 16.0 Å². The number of thioether (sulfide) groups is 1. The van der Waals surface area contributed by atoms with Gasteiger partial charge in [0, 0.05) is 18.8 Å². The van der Waals surface area contributed by atoms with Crippen molar-refractivity contribution >= 4 is 66.0 Å². The van der Waals surface area contributed by atoms with Crippen molar-refractivity contribution in [1.82, 2.24) is 15.1 Å². The molecule has 0 radical (unpaired) electrons. The van der Waals surface area contributed by atoms with E-state index < -0.39 is 15.8 Å². The zero-order chi connectivity index (χ0) is 24.4. The molecule has 1 aromatic rings. The van der Waals surface area contributed by atoms with Gasteiger partial charge in [-0.3, -0.25) is 25.8 Å². The van der Waals surface area contributed by atoms with E-state index in [1.54, 1.807) is 10.4 Å². The zero-order valence-corrected chi connectivity index (χ0v) is 20.7. The van der Waals surface area contributed by atoms with Crippen LogP contribution in [-0.2, 0) is 14.8 Å². The molecule has 5 N–H and O–H groups in total. The van der Waals surface area contributed by atoms with Gasteiger partial charge in [-0.1, -0.05) is 5.16 Å². The molecule has 2 rings (SSSR count). The molecule has 0 amide bonds. The highest BCUT2D eigenvalue weighted by molar-refractivity contribution is 9.10. The standard InChI is InChI=1S/C17H23BrFN7O5S2/c1-33(29,30)25-17(26-5-7-31-8-6-26)21-4-9-32-15(20)14(23-27)16(24-28)22-11-2-3-13(19)12(18)10-11/h2-3,10,20,27-28H,4-9H2,1H3,(H,21,25)(H,22,24)/b20-15?,23-14+. The molecule has 0 saturated carbocycles. The minimum atomic E-state index is -3.54. The number of nitrogens with zero attached hydrogens (tertiary/aromatic N) is 4. The second-order valence-corrected chi connectivity index (χ2v) is 10.2. The number of halogens is 2. The maximum absolute atomic E-state index is 13.4. The average Bonchev–Trinajstić information content (AvgIpc) is 2.77. The van der Waals surface area contributed by atoms with Crippen LogP contribution >= 0.6 is 27.7 Å². The quantitative estimate of drug-likeness (QED) is 0.108. The number of ether oxygens (including phenoxy) is 1. The SMILES string of the molecule is CS(=O)(=O)NC(=NCCSC(=N)/C(=N\O)C(=Nc1ccc(F)c(Br)c1)NO)N1CCOCC1. The molecule has 0 aromatic heterocycles. The summed E-state index contributed by atoms with van der Waals surface area (Å²) in [6, 6.07) is 3.83. The molecular formula is C17H23BrFN7O5S2. The average molecular weight is 568 g/mol. The monoisotopic (exact) mass is 567 g/mol. The van der Waals surface area contributed by atoms with Crippen molar-refractivity contribution in [2.45, 2.75) is 0 Å². The Balaban J connectivity index is 2.05. The minimum Gasteiger partial charge on any atom is -0.410 e. The zero-order valence-electron chi connectivity index (χ0n) is 17.5. The third-order valence-electron chi connectivity index (χ3n) is 3.98. The van der Waals surface area contributed by atoms with Gasteiger partial charge < -0.3 is 14.8 Å². The molecule has 0 bridgehead atoms. The lowest BCUT2D eigenvalue weighted by Gasteiger charge is -2.29. The number of morpholine rings is 1. The summed E-state index contributed by atoms with van der Waals surface area (Å²) in [4.78, 5) is 10.1. The summed E-state index contributed by atoms with van der Waals surface area (Å²) in [6.45, 7) is 1.99. The number of aliphatic imine (C=N–C) groups is 2. The van der Waals surface area contributed by atoms with Crippen LogP contribution in [-0.4, -0.2) is 91.1 Å². The van der Waals surface area contributed by atoms with Gasteiger partial charge >= 0.3 is 0 Å². The molecule has 0 aliphatic carbocycles. The molecule has 1 heterocycles. The summed E-state index contributed by atoms with van der Waals surface area (Å²) in [5.74, 6) is -0.415. The summed E-state index contributed by atoms with van der Waals surface area (Å²) < 4.78 is 44.5. The van der Waals surface area contributed by atoms with E-state index in [0.717, 1.165) is 24.1 Å². The molecule has 0 spiro atoms. The van der Waals surface area contributed by atoms with Crippen LogP contribution in [0.3, 0.4) is 0 Å². The number of amidine groups is 1. The van der Waals surface area contributed by atoms with Crippen molar-refractivity contribution in [3.05, 3.63) is 28.5 Å². The fourth-order valence-electron chi connectivity index (χ4n) is 2.52. The molecule has 16 heteroatoms. The molecule has 182 valence electrons. The third-order valence-corrected chi connectivity index (χ3v) is 6.01. The number of guanidine groups is 1. The maximum Gasteiger partial charge on any atom is 0.232 e. The van der Waals surface area contributed by atoms with Crippen LogP contribution in [0.1, 0.15) is 0 Å². The summed E-state index contributed by atoms with van der Waals surface area (Å²) in [5, 5.41) is 29.6. The largest absolute Gasteiger partial charge is 0.410 e. The van der Waals surface area contributed by atoms with Gasteiger partial charge in [0.05, 0.1) is 36.2 Å². The molecule has 0 unspecified atom stereocenters. The highest BCUT2D eigenvalue weighted by Gasteiger charge is 2.19. The molecule has 1 aromatic carbocycles. The van der Waals surface area contributed by atoms with Crippen molar-refractivity contribution in [2.24, 2.45) is 15.1 Å². The van der Waals surface area contributed by atoms with Crippen molar-refractivity contribution in [3.8, 4) is 0 Å². The summed E-state index contributed by atoms with van der Waals surface area (Å²) in [7, 11) is -3.54. The normalized spacial score (nSPS) is 16.0. The number of nitrogens with one attached hydrogen (secondary N) is 3.